The van der Waals surface area contributed by atoms with Gasteiger partial charge in [-0.15, -0.1) is 0 Å². The number of nitrogens with zero attached hydrogens (tertiary/aromatic N) is 5. The van der Waals surface area contributed by atoms with Crippen LogP contribution >= 0.6 is 0 Å². The van der Waals surface area contributed by atoms with Crippen LogP contribution in [0.3, 0.4) is 0 Å². The van der Waals surface area contributed by atoms with E-state index in [1.807, 2.05) is 71.2 Å². The van der Waals surface area contributed by atoms with Gasteiger partial charge < -0.3 is 14.5 Å². The minimum absolute atomic E-state index is 0.0522. The predicted octanol–water partition coefficient (Wildman–Crippen LogP) is 5.12. The molecule has 4 heterocycles. The van der Waals surface area contributed by atoms with Crippen molar-refractivity contribution in [1.82, 2.24) is 24.6 Å². The van der Waals surface area contributed by atoms with Crippen LogP contribution < -0.4 is 4.74 Å². The van der Waals surface area contributed by atoms with Gasteiger partial charge in [0.2, 0.25) is 5.91 Å². The minimum Gasteiger partial charge on any atom is -0.489 e. The molecule has 0 bridgehead atoms. The maximum absolute atomic E-state index is 12.3. The summed E-state index contributed by atoms with van der Waals surface area (Å²) in [4.78, 5) is 32.3. The SMILES string of the molecule is C=CC(=O)N1C[C@@H](n2cc(-c3ccncc3)c(-c3cccc(OCc4ccc5c(c4)CN(C)C5=O)c3)n2)C[C@@H]1C. The van der Waals surface area contributed by atoms with Crippen LogP contribution in [0.1, 0.15) is 40.9 Å². The number of pyridine rings is 1. The number of fused-ring (bicyclic) bond motifs is 1. The lowest BCUT2D eigenvalue weighted by molar-refractivity contribution is -0.126. The van der Waals surface area contributed by atoms with E-state index in [1.54, 1.807) is 17.3 Å². The quantitative estimate of drug-likeness (QED) is 0.308. The maximum atomic E-state index is 12.3. The summed E-state index contributed by atoms with van der Waals surface area (Å²) < 4.78 is 8.18. The lowest BCUT2D eigenvalue weighted by Gasteiger charge is -2.18. The van der Waals surface area contributed by atoms with E-state index in [4.69, 9.17) is 9.84 Å². The lowest BCUT2D eigenvalue weighted by atomic mass is 10.0. The normalized spacial score (nSPS) is 18.2. The van der Waals surface area contributed by atoms with Crippen molar-refractivity contribution < 1.29 is 14.3 Å². The predicted molar refractivity (Wildman–Crippen MR) is 152 cm³/mol. The Morgan fingerprint density at radius 2 is 1.93 bits per heavy atom. The number of aromatic nitrogens is 3. The molecule has 1 fully saturated rings. The molecule has 40 heavy (non-hydrogen) atoms. The first-order valence-corrected chi connectivity index (χ1v) is 13.4. The monoisotopic (exact) mass is 533 g/mol. The van der Waals surface area contributed by atoms with Crippen LogP contribution in [0.2, 0.25) is 0 Å². The van der Waals surface area contributed by atoms with Gasteiger partial charge in [0.25, 0.3) is 5.91 Å². The molecule has 0 aliphatic carbocycles. The Bertz CT molecular complexity index is 1600. The number of ether oxygens (including phenoxy) is 1. The van der Waals surface area contributed by atoms with Crippen LogP contribution in [0.15, 0.2) is 85.8 Å². The average Bonchev–Trinajstić information content (AvgIpc) is 3.67. The fourth-order valence-electron chi connectivity index (χ4n) is 5.66. The Labute approximate surface area is 233 Å². The largest absolute Gasteiger partial charge is 0.489 e. The van der Waals surface area contributed by atoms with Crippen LogP contribution in [0.25, 0.3) is 22.4 Å². The van der Waals surface area contributed by atoms with Gasteiger partial charge in [0.05, 0.1) is 6.04 Å². The van der Waals surface area contributed by atoms with E-state index >= 15 is 0 Å². The molecule has 0 radical (unpaired) electrons. The zero-order valence-electron chi connectivity index (χ0n) is 22.7. The third-order valence-corrected chi connectivity index (χ3v) is 7.78. The van der Waals surface area contributed by atoms with Crippen molar-refractivity contribution in [3.63, 3.8) is 0 Å². The van der Waals surface area contributed by atoms with Crippen LogP contribution in [0.5, 0.6) is 5.75 Å². The first kappa shape index (κ1) is 25.6. The van der Waals surface area contributed by atoms with Crippen molar-refractivity contribution in [3.8, 4) is 28.1 Å². The zero-order chi connectivity index (χ0) is 27.8. The molecular formula is C32H31N5O3. The van der Waals surface area contributed by atoms with Crippen LogP contribution in [-0.2, 0) is 17.9 Å². The van der Waals surface area contributed by atoms with E-state index in [-0.39, 0.29) is 23.9 Å². The number of carbonyl (C=O) groups excluding carboxylic acids is 2. The molecule has 2 aromatic heterocycles. The summed E-state index contributed by atoms with van der Waals surface area (Å²) in [7, 11) is 1.82. The van der Waals surface area contributed by atoms with Crippen molar-refractivity contribution >= 4 is 11.8 Å². The molecule has 4 aromatic rings. The Morgan fingerprint density at radius 1 is 1.10 bits per heavy atom. The first-order valence-electron chi connectivity index (χ1n) is 13.4. The number of likely N-dealkylation sites (tertiary alicyclic amines) is 1. The van der Waals surface area contributed by atoms with Crippen molar-refractivity contribution in [2.75, 3.05) is 13.6 Å². The fourth-order valence-corrected chi connectivity index (χ4v) is 5.66. The van der Waals surface area contributed by atoms with Gasteiger partial charge in [-0.05, 0) is 72.5 Å². The van der Waals surface area contributed by atoms with Gasteiger partial charge in [-0.1, -0.05) is 24.8 Å². The molecule has 1 saturated heterocycles. The van der Waals surface area contributed by atoms with Gasteiger partial charge >= 0.3 is 0 Å². The topological polar surface area (TPSA) is 80.6 Å². The highest BCUT2D eigenvalue weighted by molar-refractivity contribution is 5.98. The van der Waals surface area contributed by atoms with E-state index in [2.05, 4.69) is 24.7 Å². The van der Waals surface area contributed by atoms with E-state index in [9.17, 15) is 9.59 Å². The molecule has 2 aliphatic heterocycles. The van der Waals surface area contributed by atoms with Crippen molar-refractivity contribution in [1.29, 1.82) is 0 Å². The van der Waals surface area contributed by atoms with Crippen molar-refractivity contribution in [2.45, 2.75) is 38.6 Å². The summed E-state index contributed by atoms with van der Waals surface area (Å²) in [5.74, 6) is 0.744. The van der Waals surface area contributed by atoms with Crippen LogP contribution in [0, 0.1) is 0 Å². The molecule has 0 saturated carbocycles. The second-order valence-electron chi connectivity index (χ2n) is 10.5. The van der Waals surface area contributed by atoms with Gasteiger partial charge in [-0.2, -0.15) is 5.10 Å². The third kappa shape index (κ3) is 4.77. The Morgan fingerprint density at radius 3 is 2.73 bits per heavy atom. The molecule has 0 N–H and O–H groups in total. The molecule has 202 valence electrons. The zero-order valence-corrected chi connectivity index (χ0v) is 22.7. The molecule has 8 heteroatoms. The average molecular weight is 534 g/mol. The van der Waals surface area contributed by atoms with Gasteiger partial charge in [0, 0.05) is 61.5 Å². The molecule has 6 rings (SSSR count). The highest BCUT2D eigenvalue weighted by atomic mass is 16.5. The highest BCUT2D eigenvalue weighted by Gasteiger charge is 2.33. The van der Waals surface area contributed by atoms with Crippen molar-refractivity contribution in [2.24, 2.45) is 0 Å². The summed E-state index contributed by atoms with van der Waals surface area (Å²) in [6.45, 7) is 7.32. The smallest absolute Gasteiger partial charge is 0.254 e. The molecule has 2 aromatic carbocycles. The van der Waals surface area contributed by atoms with E-state index < -0.39 is 0 Å². The standard InChI is InChI=1S/C32H31N5O3/c1-4-30(38)36-18-26(14-21(36)2)37-19-29(23-10-12-33-13-11-23)31(34-37)24-6-5-7-27(16-24)40-20-22-8-9-28-25(15-22)17-35(3)32(28)39/h4-13,15-16,19,21,26H,1,14,17-18,20H2,2-3H3/t21-,26-/m0/s1. The van der Waals surface area contributed by atoms with E-state index in [0.717, 1.165) is 51.2 Å². The van der Waals surface area contributed by atoms with Gasteiger partial charge in [0.15, 0.2) is 0 Å². The van der Waals surface area contributed by atoms with Gasteiger partial charge in [0.1, 0.15) is 18.1 Å². The third-order valence-electron chi connectivity index (χ3n) is 7.78. The summed E-state index contributed by atoms with van der Waals surface area (Å²) in [5.41, 5.74) is 6.61. The molecule has 2 amide bonds. The number of hydrogen-bond acceptors (Lipinski definition) is 5. The number of hydrogen-bond donors (Lipinski definition) is 0. The van der Waals surface area contributed by atoms with Crippen LogP contribution in [-0.4, -0.2) is 56.0 Å². The molecule has 2 atom stereocenters. The van der Waals surface area contributed by atoms with Gasteiger partial charge in [-0.3, -0.25) is 19.3 Å². The fraction of sp³-hybridized carbons (Fsp3) is 0.250. The molecule has 2 aliphatic rings. The van der Waals surface area contributed by atoms with Crippen molar-refractivity contribution in [3.05, 3.63) is 103 Å². The first-order chi connectivity index (χ1) is 19.4. The van der Waals surface area contributed by atoms with Crippen LogP contribution in [0.4, 0.5) is 0 Å². The number of carbonyl (C=O) groups is 2. The number of rotatable bonds is 7. The maximum Gasteiger partial charge on any atom is 0.254 e. The molecule has 0 unspecified atom stereocenters. The summed E-state index contributed by atoms with van der Waals surface area (Å²) in [6.07, 6.45) is 7.82. The Balaban J connectivity index is 1.27. The second-order valence-corrected chi connectivity index (χ2v) is 10.5. The Kier molecular flexibility index (Phi) is 6.67. The minimum atomic E-state index is -0.0522. The van der Waals surface area contributed by atoms with E-state index in [0.29, 0.717) is 19.7 Å². The Hall–Kier alpha value is -4.72. The second kappa shape index (κ2) is 10.4. The summed E-state index contributed by atoms with van der Waals surface area (Å²) in [6, 6.07) is 18.0. The lowest BCUT2D eigenvalue weighted by Crippen LogP contribution is -2.32. The highest BCUT2D eigenvalue weighted by Crippen LogP contribution is 2.36. The van der Waals surface area contributed by atoms with Gasteiger partial charge in [-0.25, -0.2) is 0 Å². The molecular weight excluding hydrogens is 502 g/mol. The van der Waals surface area contributed by atoms with E-state index in [1.165, 1.54) is 6.08 Å². The summed E-state index contributed by atoms with van der Waals surface area (Å²) >= 11 is 0. The molecule has 8 nitrogen and oxygen atoms in total. The number of benzene rings is 2. The molecule has 0 spiro atoms. The summed E-state index contributed by atoms with van der Waals surface area (Å²) in [5, 5.41) is 5.05. The number of amides is 2.